The fourth-order valence-corrected chi connectivity index (χ4v) is 1.39. The normalized spacial score (nSPS) is 27.4. The third-order valence-corrected chi connectivity index (χ3v) is 2.08. The Balaban J connectivity index is 2.29. The van der Waals surface area contributed by atoms with E-state index in [1.54, 1.807) is 0 Å². The average molecular weight is 134 g/mol. The van der Waals surface area contributed by atoms with Gasteiger partial charge in [-0.3, -0.25) is 0 Å². The van der Waals surface area contributed by atoms with E-state index < -0.39 is 0 Å². The van der Waals surface area contributed by atoms with Gasteiger partial charge >= 0.3 is 0 Å². The lowest BCUT2D eigenvalue weighted by Crippen LogP contribution is -1.81. The molecule has 54 valence electrons. The molecule has 2 radical (unpaired) electrons. The molecule has 1 heteroatoms. The highest BCUT2D eigenvalue weighted by atomic mass is 14.0. The molecular weight excluding hydrogens is 119 g/mol. The molecule has 1 aliphatic carbocycles. The lowest BCUT2D eigenvalue weighted by Gasteiger charge is -1.97. The highest BCUT2D eigenvalue weighted by molar-refractivity contribution is 6.21. The Morgan fingerprint density at radius 2 is 1.70 bits per heavy atom. The van der Waals surface area contributed by atoms with Crippen molar-refractivity contribution in [3.05, 3.63) is 11.5 Å². The summed E-state index contributed by atoms with van der Waals surface area (Å²) < 4.78 is 0. The summed E-state index contributed by atoms with van der Waals surface area (Å²) >= 11 is 0. The van der Waals surface area contributed by atoms with E-state index in [1.165, 1.54) is 38.5 Å². The first kappa shape index (κ1) is 7.91. The lowest BCUT2D eigenvalue weighted by molar-refractivity contribution is 0.631. The van der Waals surface area contributed by atoms with Crippen LogP contribution in [-0.4, -0.2) is 7.85 Å². The van der Waals surface area contributed by atoms with Crippen LogP contribution in [0.3, 0.4) is 0 Å². The molecule has 10 heavy (non-hydrogen) atoms. The molecule has 0 spiro atoms. The van der Waals surface area contributed by atoms with Gasteiger partial charge < -0.3 is 0 Å². The average Bonchev–Trinajstić information content (AvgIpc) is 2.02. The molecule has 0 aromatic carbocycles. The minimum absolute atomic E-state index is 1.11. The Morgan fingerprint density at radius 1 is 1.00 bits per heavy atom. The van der Waals surface area contributed by atoms with Crippen molar-refractivity contribution in [3.63, 3.8) is 0 Å². The zero-order chi connectivity index (χ0) is 7.23. The van der Waals surface area contributed by atoms with Crippen LogP contribution in [0.4, 0.5) is 0 Å². The van der Waals surface area contributed by atoms with E-state index in [4.69, 9.17) is 7.85 Å². The summed E-state index contributed by atoms with van der Waals surface area (Å²) in [5.74, 6) is 0. The number of rotatable bonds is 0. The molecule has 0 atom stereocenters. The van der Waals surface area contributed by atoms with Crippen LogP contribution in [0.25, 0.3) is 0 Å². The molecule has 0 aliphatic heterocycles. The van der Waals surface area contributed by atoms with Gasteiger partial charge in [0, 0.05) is 0 Å². The number of hydrogen-bond acceptors (Lipinski definition) is 0. The summed E-state index contributed by atoms with van der Waals surface area (Å²) in [5, 5.41) is 0. The van der Waals surface area contributed by atoms with Crippen LogP contribution in [0.5, 0.6) is 0 Å². The smallest absolute Gasteiger partial charge is 0.107 e. The quantitative estimate of drug-likeness (QED) is 0.447. The van der Waals surface area contributed by atoms with E-state index in [9.17, 15) is 0 Å². The molecule has 0 bridgehead atoms. The van der Waals surface area contributed by atoms with E-state index in [0.717, 1.165) is 11.9 Å². The fourth-order valence-electron chi connectivity index (χ4n) is 1.39. The van der Waals surface area contributed by atoms with Crippen LogP contribution in [-0.2, 0) is 0 Å². The standard InChI is InChI=1S/C9H15B/c10-9-7-5-3-1-2-4-6-8-9/h7H,1-6,8H2/b9-7+. The first-order valence-electron chi connectivity index (χ1n) is 4.34. The Morgan fingerprint density at radius 3 is 2.60 bits per heavy atom. The van der Waals surface area contributed by atoms with E-state index >= 15 is 0 Å². The van der Waals surface area contributed by atoms with Crippen LogP contribution < -0.4 is 0 Å². The Bertz CT molecular complexity index is 116. The number of allylic oxidation sites excluding steroid dienone is 2. The van der Waals surface area contributed by atoms with Crippen LogP contribution in [0.1, 0.15) is 44.9 Å². The largest absolute Gasteiger partial charge is 0.122 e. The Labute approximate surface area is 65.1 Å². The first-order chi connectivity index (χ1) is 4.89. The van der Waals surface area contributed by atoms with Crippen molar-refractivity contribution >= 4 is 7.85 Å². The molecule has 0 heterocycles. The SMILES string of the molecule is [B]/C1=C/CCCCCCC1. The summed E-state index contributed by atoms with van der Waals surface area (Å²) in [6, 6.07) is 0. The third-order valence-electron chi connectivity index (χ3n) is 2.08. The van der Waals surface area contributed by atoms with Gasteiger partial charge in [0.15, 0.2) is 0 Å². The monoisotopic (exact) mass is 134 g/mol. The second-order valence-electron chi connectivity index (χ2n) is 3.09. The van der Waals surface area contributed by atoms with Gasteiger partial charge in [-0.15, -0.1) is 5.47 Å². The maximum absolute atomic E-state index is 5.73. The highest BCUT2D eigenvalue weighted by Gasteiger charge is 1.95. The number of hydrogen-bond donors (Lipinski definition) is 0. The predicted molar refractivity (Wildman–Crippen MR) is 46.2 cm³/mol. The van der Waals surface area contributed by atoms with Gasteiger partial charge in [0.2, 0.25) is 0 Å². The van der Waals surface area contributed by atoms with Crippen LogP contribution in [0.2, 0.25) is 0 Å². The minimum atomic E-state index is 1.11. The molecule has 0 N–H and O–H groups in total. The molecule has 1 aliphatic rings. The summed E-state index contributed by atoms with van der Waals surface area (Å²) in [7, 11) is 5.73. The van der Waals surface area contributed by atoms with E-state index in [2.05, 4.69) is 6.08 Å². The Hall–Kier alpha value is -0.195. The van der Waals surface area contributed by atoms with Crippen LogP contribution >= 0.6 is 0 Å². The van der Waals surface area contributed by atoms with Gasteiger partial charge in [-0.05, 0) is 19.3 Å². The highest BCUT2D eigenvalue weighted by Crippen LogP contribution is 2.14. The predicted octanol–water partition coefficient (Wildman–Crippen LogP) is 2.78. The van der Waals surface area contributed by atoms with Gasteiger partial charge in [0.1, 0.15) is 7.85 Å². The molecule has 0 saturated heterocycles. The van der Waals surface area contributed by atoms with Crippen molar-refractivity contribution < 1.29 is 0 Å². The summed E-state index contributed by atoms with van der Waals surface area (Å²) in [5.41, 5.74) is 1.11. The second-order valence-corrected chi connectivity index (χ2v) is 3.09. The van der Waals surface area contributed by atoms with Crippen molar-refractivity contribution in [1.29, 1.82) is 0 Å². The molecule has 0 aromatic rings. The molecular formula is C9H15B. The summed E-state index contributed by atoms with van der Waals surface area (Å²) in [6.07, 6.45) is 11.3. The van der Waals surface area contributed by atoms with E-state index in [-0.39, 0.29) is 0 Å². The van der Waals surface area contributed by atoms with Crippen molar-refractivity contribution in [2.75, 3.05) is 0 Å². The van der Waals surface area contributed by atoms with Crippen molar-refractivity contribution in [1.82, 2.24) is 0 Å². The molecule has 0 fully saturated rings. The van der Waals surface area contributed by atoms with Gasteiger partial charge in [-0.25, -0.2) is 0 Å². The zero-order valence-corrected chi connectivity index (χ0v) is 6.60. The molecule has 0 nitrogen and oxygen atoms in total. The summed E-state index contributed by atoms with van der Waals surface area (Å²) in [6.45, 7) is 0. The van der Waals surface area contributed by atoms with Crippen LogP contribution in [0.15, 0.2) is 11.5 Å². The second kappa shape index (κ2) is 4.59. The molecule has 0 saturated carbocycles. The van der Waals surface area contributed by atoms with E-state index in [1.807, 2.05) is 0 Å². The molecule has 0 unspecified atom stereocenters. The third kappa shape index (κ3) is 3.10. The van der Waals surface area contributed by atoms with Gasteiger partial charge in [-0.1, -0.05) is 31.8 Å². The van der Waals surface area contributed by atoms with Gasteiger partial charge in [0.05, 0.1) is 0 Å². The first-order valence-corrected chi connectivity index (χ1v) is 4.34. The maximum Gasteiger partial charge on any atom is 0.107 e. The summed E-state index contributed by atoms with van der Waals surface area (Å²) in [4.78, 5) is 0. The molecule has 0 aromatic heterocycles. The topological polar surface area (TPSA) is 0 Å². The van der Waals surface area contributed by atoms with Crippen molar-refractivity contribution in [2.24, 2.45) is 0 Å². The van der Waals surface area contributed by atoms with E-state index in [0.29, 0.717) is 0 Å². The van der Waals surface area contributed by atoms with Crippen molar-refractivity contribution in [3.8, 4) is 0 Å². The van der Waals surface area contributed by atoms with Crippen LogP contribution in [0, 0.1) is 0 Å². The Kier molecular flexibility index (Phi) is 3.63. The maximum atomic E-state index is 5.73. The lowest BCUT2D eigenvalue weighted by atomic mass is 9.90. The minimum Gasteiger partial charge on any atom is -0.122 e. The van der Waals surface area contributed by atoms with Gasteiger partial charge in [-0.2, -0.15) is 0 Å². The molecule has 0 amide bonds. The zero-order valence-electron chi connectivity index (χ0n) is 6.60. The van der Waals surface area contributed by atoms with Crippen molar-refractivity contribution in [2.45, 2.75) is 44.9 Å². The van der Waals surface area contributed by atoms with Gasteiger partial charge in [0.25, 0.3) is 0 Å². The molecule has 1 rings (SSSR count). The fraction of sp³-hybridized carbons (Fsp3) is 0.778.